The molecule has 0 aromatic carbocycles. The van der Waals surface area contributed by atoms with E-state index < -0.39 is 0 Å². The minimum atomic E-state index is 0.299. The van der Waals surface area contributed by atoms with E-state index in [0.717, 1.165) is 19.5 Å². The lowest BCUT2D eigenvalue weighted by Gasteiger charge is -2.19. The molecular weight excluding hydrogens is 102 g/mol. The first-order chi connectivity index (χ1) is 3.93. The van der Waals surface area contributed by atoms with E-state index in [9.17, 15) is 0 Å². The number of hydrogen-bond acceptors (Lipinski definition) is 2. The summed E-state index contributed by atoms with van der Waals surface area (Å²) >= 11 is 0. The fourth-order valence-corrected chi connectivity index (χ4v) is 0.931. The summed E-state index contributed by atoms with van der Waals surface area (Å²) in [5.74, 6) is 0.406. The van der Waals surface area contributed by atoms with E-state index in [2.05, 4.69) is 11.7 Å². The van der Waals surface area contributed by atoms with Gasteiger partial charge in [0.15, 0.2) is 0 Å². The molecule has 1 radical (unpaired) electrons. The summed E-state index contributed by atoms with van der Waals surface area (Å²) in [6.45, 7) is 2.33. The van der Waals surface area contributed by atoms with E-state index >= 15 is 0 Å². The van der Waals surface area contributed by atoms with Crippen molar-refractivity contribution in [2.75, 3.05) is 19.7 Å². The highest BCUT2D eigenvalue weighted by atomic mass is 16.3. The molecular formula is C6H12NO. The van der Waals surface area contributed by atoms with E-state index in [1.165, 1.54) is 0 Å². The smallest absolute Gasteiger partial charge is 0.0474 e. The second-order valence-electron chi connectivity index (χ2n) is 2.17. The van der Waals surface area contributed by atoms with Gasteiger partial charge in [0.2, 0.25) is 0 Å². The molecule has 0 saturated carbocycles. The van der Waals surface area contributed by atoms with Crippen LogP contribution in [0.5, 0.6) is 0 Å². The van der Waals surface area contributed by atoms with Crippen LogP contribution in [-0.2, 0) is 0 Å². The largest absolute Gasteiger partial charge is 0.396 e. The van der Waals surface area contributed by atoms with Gasteiger partial charge in [-0.05, 0) is 25.3 Å². The third-order valence-electron chi connectivity index (χ3n) is 1.46. The summed E-state index contributed by atoms with van der Waals surface area (Å²) in [4.78, 5) is 0. The van der Waals surface area contributed by atoms with E-state index in [1.807, 2.05) is 0 Å². The van der Waals surface area contributed by atoms with Gasteiger partial charge in [0, 0.05) is 13.2 Å². The van der Waals surface area contributed by atoms with Crippen LogP contribution in [0, 0.1) is 12.3 Å². The molecule has 1 saturated heterocycles. The summed E-state index contributed by atoms with van der Waals surface area (Å²) in [7, 11) is 0. The van der Waals surface area contributed by atoms with Crippen LogP contribution >= 0.6 is 0 Å². The maximum absolute atomic E-state index is 8.62. The van der Waals surface area contributed by atoms with Gasteiger partial charge in [0.1, 0.15) is 0 Å². The Kier molecular flexibility index (Phi) is 2.30. The van der Waals surface area contributed by atoms with Crippen molar-refractivity contribution in [3.8, 4) is 0 Å². The monoisotopic (exact) mass is 114 g/mol. The SMILES string of the molecule is OCC1[CH]CCNC1. The molecule has 1 rings (SSSR count). The fourth-order valence-electron chi connectivity index (χ4n) is 0.931. The number of rotatable bonds is 1. The Morgan fingerprint density at radius 3 is 3.00 bits per heavy atom. The minimum absolute atomic E-state index is 0.299. The minimum Gasteiger partial charge on any atom is -0.396 e. The molecule has 47 valence electrons. The number of aliphatic hydroxyl groups is 1. The molecule has 0 aromatic rings. The van der Waals surface area contributed by atoms with Crippen LogP contribution in [0.15, 0.2) is 0 Å². The van der Waals surface area contributed by atoms with Crippen molar-refractivity contribution in [3.63, 3.8) is 0 Å². The Morgan fingerprint density at radius 2 is 2.62 bits per heavy atom. The lowest BCUT2D eigenvalue weighted by Crippen LogP contribution is -2.31. The summed E-state index contributed by atoms with van der Waals surface area (Å²) < 4.78 is 0. The van der Waals surface area contributed by atoms with Gasteiger partial charge in [-0.15, -0.1) is 0 Å². The Morgan fingerprint density at radius 1 is 1.75 bits per heavy atom. The van der Waals surface area contributed by atoms with Gasteiger partial charge in [0.05, 0.1) is 0 Å². The molecule has 1 unspecified atom stereocenters. The van der Waals surface area contributed by atoms with Gasteiger partial charge in [-0.1, -0.05) is 0 Å². The molecule has 2 nitrogen and oxygen atoms in total. The van der Waals surface area contributed by atoms with Gasteiger partial charge < -0.3 is 10.4 Å². The van der Waals surface area contributed by atoms with E-state index in [1.54, 1.807) is 0 Å². The molecule has 1 heterocycles. The summed E-state index contributed by atoms with van der Waals surface area (Å²) in [6, 6.07) is 0. The van der Waals surface area contributed by atoms with E-state index in [4.69, 9.17) is 5.11 Å². The molecule has 0 spiro atoms. The number of aliphatic hydroxyl groups excluding tert-OH is 1. The average Bonchev–Trinajstić information content (AvgIpc) is 1.90. The van der Waals surface area contributed by atoms with Crippen molar-refractivity contribution in [2.24, 2.45) is 5.92 Å². The van der Waals surface area contributed by atoms with Crippen molar-refractivity contribution < 1.29 is 5.11 Å². The normalized spacial score (nSPS) is 30.4. The van der Waals surface area contributed by atoms with Crippen LogP contribution in [-0.4, -0.2) is 24.8 Å². The van der Waals surface area contributed by atoms with Crippen LogP contribution in [0.1, 0.15) is 6.42 Å². The molecule has 0 aromatic heterocycles. The first-order valence-electron chi connectivity index (χ1n) is 3.08. The zero-order valence-corrected chi connectivity index (χ0v) is 4.93. The molecule has 1 aliphatic rings. The average molecular weight is 114 g/mol. The van der Waals surface area contributed by atoms with Gasteiger partial charge in [-0.3, -0.25) is 0 Å². The fraction of sp³-hybridized carbons (Fsp3) is 0.833. The first kappa shape index (κ1) is 6.05. The van der Waals surface area contributed by atoms with Crippen LogP contribution < -0.4 is 5.32 Å². The predicted molar refractivity (Wildman–Crippen MR) is 32.4 cm³/mol. The van der Waals surface area contributed by atoms with Crippen molar-refractivity contribution >= 4 is 0 Å². The second kappa shape index (κ2) is 3.05. The zero-order chi connectivity index (χ0) is 5.82. The van der Waals surface area contributed by atoms with Crippen molar-refractivity contribution in [2.45, 2.75) is 6.42 Å². The maximum Gasteiger partial charge on any atom is 0.0474 e. The quantitative estimate of drug-likeness (QED) is 0.494. The Balaban J connectivity index is 2.13. The van der Waals surface area contributed by atoms with Gasteiger partial charge in [-0.25, -0.2) is 0 Å². The highest BCUT2D eigenvalue weighted by Gasteiger charge is 2.10. The summed E-state index contributed by atoms with van der Waals surface area (Å²) in [5, 5.41) is 11.8. The molecule has 0 amide bonds. The van der Waals surface area contributed by atoms with Gasteiger partial charge in [0.25, 0.3) is 0 Å². The molecule has 0 aliphatic carbocycles. The van der Waals surface area contributed by atoms with Crippen LogP contribution in [0.4, 0.5) is 0 Å². The van der Waals surface area contributed by atoms with Crippen molar-refractivity contribution in [1.82, 2.24) is 5.32 Å². The Labute approximate surface area is 49.9 Å². The van der Waals surface area contributed by atoms with Crippen LogP contribution in [0.2, 0.25) is 0 Å². The number of piperidine rings is 1. The highest BCUT2D eigenvalue weighted by Crippen LogP contribution is 2.05. The van der Waals surface area contributed by atoms with E-state index in [-0.39, 0.29) is 0 Å². The molecule has 1 atom stereocenters. The standard InChI is InChI=1S/C6H12NO/c8-5-6-2-1-3-7-4-6/h2,6-8H,1,3-5H2. The second-order valence-corrected chi connectivity index (χ2v) is 2.17. The topological polar surface area (TPSA) is 32.3 Å². The Hall–Kier alpha value is -0.0800. The lowest BCUT2D eigenvalue weighted by molar-refractivity contribution is 0.229. The van der Waals surface area contributed by atoms with Crippen LogP contribution in [0.3, 0.4) is 0 Å². The molecule has 2 heteroatoms. The van der Waals surface area contributed by atoms with Gasteiger partial charge in [-0.2, -0.15) is 0 Å². The predicted octanol–water partition coefficient (Wildman–Crippen LogP) is -0.208. The Bertz CT molecular complexity index is 59.5. The molecule has 2 N–H and O–H groups in total. The molecule has 1 fully saturated rings. The number of hydrogen-bond donors (Lipinski definition) is 2. The van der Waals surface area contributed by atoms with Gasteiger partial charge >= 0.3 is 0 Å². The third-order valence-corrected chi connectivity index (χ3v) is 1.46. The van der Waals surface area contributed by atoms with E-state index in [0.29, 0.717) is 12.5 Å². The lowest BCUT2D eigenvalue weighted by atomic mass is 10.0. The van der Waals surface area contributed by atoms with Crippen molar-refractivity contribution in [1.29, 1.82) is 0 Å². The summed E-state index contributed by atoms with van der Waals surface area (Å²) in [5.41, 5.74) is 0. The zero-order valence-electron chi connectivity index (χ0n) is 4.93. The molecule has 8 heavy (non-hydrogen) atoms. The third kappa shape index (κ3) is 1.46. The number of nitrogens with one attached hydrogen (secondary N) is 1. The van der Waals surface area contributed by atoms with Crippen LogP contribution in [0.25, 0.3) is 0 Å². The summed E-state index contributed by atoms with van der Waals surface area (Å²) in [6.07, 6.45) is 3.28. The maximum atomic E-state index is 8.62. The molecule has 1 aliphatic heterocycles. The first-order valence-corrected chi connectivity index (χ1v) is 3.08. The highest BCUT2D eigenvalue weighted by molar-refractivity contribution is 4.82. The van der Waals surface area contributed by atoms with Crippen molar-refractivity contribution in [3.05, 3.63) is 6.42 Å². The molecule has 0 bridgehead atoms.